The Hall–Kier alpha value is -2.39. The molecule has 23 heavy (non-hydrogen) atoms. The SMILES string of the molecule is C=CCOCC(C)Oc1nc(C)c(/N=C\N(C)CC)cc1C#N. The predicted octanol–water partition coefficient (Wildman–Crippen LogP) is 2.84. The summed E-state index contributed by atoms with van der Waals surface area (Å²) in [4.78, 5) is 10.7. The topological polar surface area (TPSA) is 70.7 Å². The van der Waals surface area contributed by atoms with Crippen LogP contribution < -0.4 is 4.74 Å². The Morgan fingerprint density at radius 2 is 2.30 bits per heavy atom. The van der Waals surface area contributed by atoms with Gasteiger partial charge in [0.15, 0.2) is 0 Å². The van der Waals surface area contributed by atoms with Gasteiger partial charge in [-0.2, -0.15) is 5.26 Å². The van der Waals surface area contributed by atoms with Gasteiger partial charge >= 0.3 is 0 Å². The van der Waals surface area contributed by atoms with E-state index in [-0.39, 0.29) is 6.10 Å². The zero-order chi connectivity index (χ0) is 17.2. The second-order valence-corrected chi connectivity index (χ2v) is 5.13. The summed E-state index contributed by atoms with van der Waals surface area (Å²) in [5.41, 5.74) is 1.72. The maximum absolute atomic E-state index is 9.31. The fourth-order valence-electron chi connectivity index (χ4n) is 1.66. The van der Waals surface area contributed by atoms with Crippen molar-refractivity contribution in [1.82, 2.24) is 9.88 Å². The lowest BCUT2D eigenvalue weighted by Gasteiger charge is -2.15. The van der Waals surface area contributed by atoms with Crippen molar-refractivity contribution in [2.45, 2.75) is 26.9 Å². The highest BCUT2D eigenvalue weighted by molar-refractivity contribution is 5.63. The van der Waals surface area contributed by atoms with Crippen LogP contribution in [0.2, 0.25) is 0 Å². The molecule has 0 aliphatic rings. The maximum atomic E-state index is 9.31. The molecule has 0 spiro atoms. The monoisotopic (exact) mass is 316 g/mol. The van der Waals surface area contributed by atoms with Crippen LogP contribution in [-0.4, -0.2) is 49.1 Å². The molecule has 0 aliphatic heterocycles. The van der Waals surface area contributed by atoms with Crippen LogP contribution in [0.15, 0.2) is 23.7 Å². The number of hydrogen-bond acceptors (Lipinski definition) is 5. The summed E-state index contributed by atoms with van der Waals surface area (Å²) in [6.45, 7) is 11.0. The molecule has 0 fully saturated rings. The molecule has 0 saturated heterocycles. The van der Waals surface area contributed by atoms with E-state index in [1.165, 1.54) is 0 Å². The van der Waals surface area contributed by atoms with Crippen molar-refractivity contribution in [3.8, 4) is 11.9 Å². The second-order valence-electron chi connectivity index (χ2n) is 5.13. The van der Waals surface area contributed by atoms with Gasteiger partial charge in [0.25, 0.3) is 0 Å². The zero-order valence-electron chi connectivity index (χ0n) is 14.2. The first-order valence-electron chi connectivity index (χ1n) is 7.53. The molecule has 1 unspecified atom stereocenters. The molecular formula is C17H24N4O2. The van der Waals surface area contributed by atoms with Crippen molar-refractivity contribution in [3.05, 3.63) is 30.0 Å². The largest absolute Gasteiger partial charge is 0.471 e. The number of aromatic nitrogens is 1. The Labute approximate surface area is 138 Å². The minimum absolute atomic E-state index is 0.213. The number of nitrogens with zero attached hydrogens (tertiary/aromatic N) is 4. The van der Waals surface area contributed by atoms with Crippen LogP contribution in [0.3, 0.4) is 0 Å². The van der Waals surface area contributed by atoms with E-state index >= 15 is 0 Å². The summed E-state index contributed by atoms with van der Waals surface area (Å²) in [5, 5.41) is 9.31. The summed E-state index contributed by atoms with van der Waals surface area (Å²) in [6, 6.07) is 3.79. The second kappa shape index (κ2) is 9.59. The molecule has 0 aliphatic carbocycles. The number of ether oxygens (including phenoxy) is 2. The van der Waals surface area contributed by atoms with Crippen LogP contribution in [0.4, 0.5) is 5.69 Å². The average Bonchev–Trinajstić information content (AvgIpc) is 2.54. The number of aryl methyl sites for hydroxylation is 1. The van der Waals surface area contributed by atoms with Crippen LogP contribution in [0.1, 0.15) is 25.1 Å². The van der Waals surface area contributed by atoms with E-state index in [9.17, 15) is 5.26 Å². The van der Waals surface area contributed by atoms with Crippen molar-refractivity contribution in [3.63, 3.8) is 0 Å². The summed E-state index contributed by atoms with van der Waals surface area (Å²) >= 11 is 0. The summed E-state index contributed by atoms with van der Waals surface area (Å²) in [5.74, 6) is 0.308. The number of hydrogen-bond donors (Lipinski definition) is 0. The molecule has 6 heteroatoms. The normalized spacial score (nSPS) is 12.0. The van der Waals surface area contributed by atoms with E-state index in [1.54, 1.807) is 18.5 Å². The molecule has 0 radical (unpaired) electrons. The van der Waals surface area contributed by atoms with Gasteiger partial charge in [0.2, 0.25) is 5.88 Å². The van der Waals surface area contributed by atoms with E-state index in [0.717, 1.165) is 6.54 Å². The first-order valence-corrected chi connectivity index (χ1v) is 7.53. The van der Waals surface area contributed by atoms with Gasteiger partial charge in [-0.25, -0.2) is 9.98 Å². The van der Waals surface area contributed by atoms with Gasteiger partial charge in [0.1, 0.15) is 17.7 Å². The van der Waals surface area contributed by atoms with Gasteiger partial charge in [0, 0.05) is 13.6 Å². The van der Waals surface area contributed by atoms with Crippen molar-refractivity contribution in [2.75, 3.05) is 26.8 Å². The molecular weight excluding hydrogens is 292 g/mol. The number of nitriles is 1. The number of aliphatic imine (C=N–C) groups is 1. The molecule has 1 heterocycles. The Morgan fingerprint density at radius 3 is 2.91 bits per heavy atom. The summed E-state index contributed by atoms with van der Waals surface area (Å²) < 4.78 is 11.0. The van der Waals surface area contributed by atoms with Crippen molar-refractivity contribution in [1.29, 1.82) is 5.26 Å². The van der Waals surface area contributed by atoms with Gasteiger partial charge in [-0.15, -0.1) is 6.58 Å². The lowest BCUT2D eigenvalue weighted by Crippen LogP contribution is -2.20. The van der Waals surface area contributed by atoms with Gasteiger partial charge in [-0.1, -0.05) is 6.08 Å². The molecule has 124 valence electrons. The number of rotatable bonds is 9. The summed E-state index contributed by atoms with van der Waals surface area (Å²) in [6.07, 6.45) is 3.18. The number of pyridine rings is 1. The van der Waals surface area contributed by atoms with E-state index in [1.807, 2.05) is 32.7 Å². The lowest BCUT2D eigenvalue weighted by molar-refractivity contribution is 0.0709. The molecule has 1 aromatic rings. The first-order chi connectivity index (χ1) is 11.0. The van der Waals surface area contributed by atoms with Crippen molar-refractivity contribution < 1.29 is 9.47 Å². The quantitative estimate of drug-likeness (QED) is 0.303. The standard InChI is InChI=1S/C17H24N4O2/c1-6-8-22-11-13(3)23-17-15(10-18)9-16(14(4)20-17)19-12-21(5)7-2/h6,9,12-13H,1,7-8,11H2,2-5H3/b19-12-. The minimum atomic E-state index is -0.213. The van der Waals surface area contributed by atoms with Crippen molar-refractivity contribution in [2.24, 2.45) is 4.99 Å². The van der Waals surface area contributed by atoms with Crippen molar-refractivity contribution >= 4 is 12.0 Å². The van der Waals surface area contributed by atoms with Crippen LogP contribution in [0.5, 0.6) is 5.88 Å². The third-order valence-electron chi connectivity index (χ3n) is 3.07. The Morgan fingerprint density at radius 1 is 1.57 bits per heavy atom. The molecule has 0 amide bonds. The first kappa shape index (κ1) is 18.7. The van der Waals surface area contributed by atoms with Gasteiger partial charge in [-0.3, -0.25) is 0 Å². The lowest BCUT2D eigenvalue weighted by atomic mass is 10.2. The van der Waals surface area contributed by atoms with E-state index < -0.39 is 0 Å². The molecule has 1 atom stereocenters. The van der Waals surface area contributed by atoms with Crippen LogP contribution in [0.25, 0.3) is 0 Å². The smallest absolute Gasteiger partial charge is 0.232 e. The van der Waals surface area contributed by atoms with Crippen LogP contribution in [-0.2, 0) is 4.74 Å². The Kier molecular flexibility index (Phi) is 7.78. The van der Waals surface area contributed by atoms with Gasteiger partial charge < -0.3 is 14.4 Å². The van der Waals surface area contributed by atoms with E-state index in [4.69, 9.17) is 9.47 Å². The highest BCUT2D eigenvalue weighted by atomic mass is 16.5. The van der Waals surface area contributed by atoms with Crippen LogP contribution in [0, 0.1) is 18.3 Å². The fraction of sp³-hybridized carbons (Fsp3) is 0.471. The van der Waals surface area contributed by atoms with Gasteiger partial charge in [0.05, 0.1) is 30.9 Å². The predicted molar refractivity (Wildman–Crippen MR) is 91.3 cm³/mol. The Bertz CT molecular complexity index is 593. The van der Waals surface area contributed by atoms with E-state index in [0.29, 0.717) is 36.0 Å². The van der Waals surface area contributed by atoms with Gasteiger partial charge in [-0.05, 0) is 26.8 Å². The third-order valence-corrected chi connectivity index (χ3v) is 3.07. The Balaban J connectivity index is 2.90. The molecule has 0 saturated carbocycles. The molecule has 0 N–H and O–H groups in total. The summed E-state index contributed by atoms with van der Waals surface area (Å²) in [7, 11) is 1.93. The third kappa shape index (κ3) is 6.09. The molecule has 0 aromatic carbocycles. The average molecular weight is 316 g/mol. The maximum Gasteiger partial charge on any atom is 0.232 e. The highest BCUT2D eigenvalue weighted by Gasteiger charge is 2.13. The highest BCUT2D eigenvalue weighted by Crippen LogP contribution is 2.25. The minimum Gasteiger partial charge on any atom is -0.471 e. The fourth-order valence-corrected chi connectivity index (χ4v) is 1.66. The molecule has 0 bridgehead atoms. The zero-order valence-corrected chi connectivity index (χ0v) is 14.2. The van der Waals surface area contributed by atoms with E-state index in [2.05, 4.69) is 22.6 Å². The molecule has 1 rings (SSSR count). The van der Waals surface area contributed by atoms with Crippen LogP contribution >= 0.6 is 0 Å². The molecule has 6 nitrogen and oxygen atoms in total. The molecule has 1 aromatic heterocycles.